The molecule has 148 valence electrons. The number of hydrogen-bond acceptors (Lipinski definition) is 4. The van der Waals surface area contributed by atoms with Crippen LogP contribution in [0.4, 0.5) is 4.39 Å². The fourth-order valence-electron chi connectivity index (χ4n) is 3.09. The average Bonchev–Trinajstić information content (AvgIpc) is 3.03. The lowest BCUT2D eigenvalue weighted by Crippen LogP contribution is -2.25. The van der Waals surface area contributed by atoms with Crippen molar-refractivity contribution in [2.45, 2.75) is 26.5 Å². The third-order valence-electron chi connectivity index (χ3n) is 4.55. The molecule has 0 saturated carbocycles. The van der Waals surface area contributed by atoms with Crippen molar-refractivity contribution < 1.29 is 28.6 Å². The number of carboxylic acids is 1. The van der Waals surface area contributed by atoms with E-state index in [1.807, 2.05) is 13.0 Å². The van der Waals surface area contributed by atoms with Crippen LogP contribution in [0.2, 0.25) is 0 Å². The van der Waals surface area contributed by atoms with E-state index in [0.29, 0.717) is 24.7 Å². The zero-order valence-electron chi connectivity index (χ0n) is 15.6. The molecular formula is C21H22FNO5. The highest BCUT2D eigenvalue weighted by Crippen LogP contribution is 2.30. The Balaban J connectivity index is 1.69. The van der Waals surface area contributed by atoms with Crippen molar-refractivity contribution in [3.63, 3.8) is 0 Å². The zero-order chi connectivity index (χ0) is 20.1. The molecule has 1 fully saturated rings. The summed E-state index contributed by atoms with van der Waals surface area (Å²) in [6, 6.07) is 11.4. The fraction of sp³-hybridized carbons (Fsp3) is 0.333. The first kappa shape index (κ1) is 19.7. The Kier molecular flexibility index (Phi) is 6.13. The first-order valence-electron chi connectivity index (χ1n) is 9.09. The molecule has 1 aliphatic heterocycles. The third-order valence-corrected chi connectivity index (χ3v) is 4.55. The van der Waals surface area contributed by atoms with Gasteiger partial charge in [0, 0.05) is 19.5 Å². The number of likely N-dealkylation sites (tertiary alicyclic amines) is 1. The number of carbonyl (C=O) groups is 2. The Morgan fingerprint density at radius 2 is 1.86 bits per heavy atom. The summed E-state index contributed by atoms with van der Waals surface area (Å²) in [4.78, 5) is 24.7. The second-order valence-corrected chi connectivity index (χ2v) is 6.64. The van der Waals surface area contributed by atoms with Gasteiger partial charge in [0.1, 0.15) is 12.4 Å². The molecule has 28 heavy (non-hydrogen) atoms. The Bertz CT molecular complexity index is 852. The molecule has 1 N–H and O–H groups in total. The second-order valence-electron chi connectivity index (χ2n) is 6.64. The van der Waals surface area contributed by atoms with Gasteiger partial charge in [0.05, 0.1) is 12.5 Å². The molecule has 0 aliphatic carbocycles. The number of benzene rings is 2. The lowest BCUT2D eigenvalue weighted by Gasteiger charge is -2.18. The Labute approximate surface area is 162 Å². The summed E-state index contributed by atoms with van der Waals surface area (Å²) in [5.41, 5.74) is 1.66. The van der Waals surface area contributed by atoms with E-state index in [9.17, 15) is 14.0 Å². The van der Waals surface area contributed by atoms with Crippen molar-refractivity contribution in [3.8, 4) is 11.5 Å². The van der Waals surface area contributed by atoms with E-state index in [0.717, 1.165) is 11.1 Å². The van der Waals surface area contributed by atoms with Crippen LogP contribution in [0.3, 0.4) is 0 Å². The van der Waals surface area contributed by atoms with Crippen molar-refractivity contribution >= 4 is 11.9 Å². The number of nitrogens with zero attached hydrogens (tertiary/aromatic N) is 1. The standard InChI is InChI=1S/C21H22FNO5/c1-2-27-19-9-15(11-23-12-16(21(25)26)10-20(23)24)5-8-18(19)28-13-14-3-6-17(22)7-4-14/h3-9,16H,2,10-13H2,1H3,(H,25,26). The predicted octanol–water partition coefficient (Wildman–Crippen LogP) is 3.24. The molecule has 1 heterocycles. The van der Waals surface area contributed by atoms with Crippen LogP contribution < -0.4 is 9.47 Å². The van der Waals surface area contributed by atoms with E-state index in [4.69, 9.17) is 14.6 Å². The maximum absolute atomic E-state index is 13.0. The van der Waals surface area contributed by atoms with Gasteiger partial charge in [-0.2, -0.15) is 0 Å². The molecule has 6 nitrogen and oxygen atoms in total. The van der Waals surface area contributed by atoms with Gasteiger partial charge in [-0.1, -0.05) is 18.2 Å². The van der Waals surface area contributed by atoms with Gasteiger partial charge >= 0.3 is 5.97 Å². The highest BCUT2D eigenvalue weighted by Gasteiger charge is 2.34. The van der Waals surface area contributed by atoms with E-state index in [2.05, 4.69) is 0 Å². The first-order valence-corrected chi connectivity index (χ1v) is 9.09. The van der Waals surface area contributed by atoms with Crippen LogP contribution in [0.5, 0.6) is 11.5 Å². The van der Waals surface area contributed by atoms with Crippen LogP contribution in [0.1, 0.15) is 24.5 Å². The first-order chi connectivity index (χ1) is 13.5. The van der Waals surface area contributed by atoms with E-state index < -0.39 is 11.9 Å². The smallest absolute Gasteiger partial charge is 0.308 e. The molecule has 0 radical (unpaired) electrons. The van der Waals surface area contributed by atoms with Gasteiger partial charge in [-0.3, -0.25) is 9.59 Å². The zero-order valence-corrected chi connectivity index (χ0v) is 15.6. The van der Waals surface area contributed by atoms with Gasteiger partial charge < -0.3 is 19.5 Å². The lowest BCUT2D eigenvalue weighted by atomic mass is 10.1. The van der Waals surface area contributed by atoms with Gasteiger partial charge in [-0.05, 0) is 42.3 Å². The van der Waals surface area contributed by atoms with Crippen LogP contribution in [-0.4, -0.2) is 35.0 Å². The molecule has 7 heteroatoms. The molecular weight excluding hydrogens is 365 g/mol. The monoisotopic (exact) mass is 387 g/mol. The summed E-state index contributed by atoms with van der Waals surface area (Å²) in [7, 11) is 0. The van der Waals surface area contributed by atoms with Crippen LogP contribution in [0.15, 0.2) is 42.5 Å². The third kappa shape index (κ3) is 4.79. The van der Waals surface area contributed by atoms with Gasteiger partial charge in [0.2, 0.25) is 5.91 Å². The molecule has 1 saturated heterocycles. The topological polar surface area (TPSA) is 76.1 Å². The quantitative estimate of drug-likeness (QED) is 0.753. The highest BCUT2D eigenvalue weighted by atomic mass is 19.1. The molecule has 2 aromatic carbocycles. The molecule has 0 aromatic heterocycles. The minimum absolute atomic E-state index is 0.0342. The van der Waals surface area contributed by atoms with E-state index in [-0.39, 0.29) is 31.3 Å². The van der Waals surface area contributed by atoms with Crippen molar-refractivity contribution in [2.24, 2.45) is 5.92 Å². The van der Waals surface area contributed by atoms with Gasteiger partial charge in [0.15, 0.2) is 11.5 Å². The Morgan fingerprint density at radius 1 is 1.14 bits per heavy atom. The van der Waals surface area contributed by atoms with Crippen LogP contribution in [0, 0.1) is 11.7 Å². The molecule has 1 amide bonds. The maximum Gasteiger partial charge on any atom is 0.308 e. The van der Waals surface area contributed by atoms with E-state index in [1.54, 1.807) is 29.2 Å². The number of carbonyl (C=O) groups excluding carboxylic acids is 1. The minimum Gasteiger partial charge on any atom is -0.490 e. The second kappa shape index (κ2) is 8.73. The summed E-state index contributed by atoms with van der Waals surface area (Å²) in [5.74, 6) is -0.978. The van der Waals surface area contributed by atoms with Crippen LogP contribution >= 0.6 is 0 Å². The van der Waals surface area contributed by atoms with Crippen LogP contribution in [0.25, 0.3) is 0 Å². The maximum atomic E-state index is 13.0. The minimum atomic E-state index is -0.949. The Morgan fingerprint density at radius 3 is 2.50 bits per heavy atom. The predicted molar refractivity (Wildman–Crippen MR) is 99.5 cm³/mol. The normalized spacial score (nSPS) is 16.3. The summed E-state index contributed by atoms with van der Waals surface area (Å²) in [6.45, 7) is 3.10. The number of carboxylic acid groups (broad SMARTS) is 1. The summed E-state index contributed by atoms with van der Waals surface area (Å²) >= 11 is 0. The molecule has 0 spiro atoms. The number of ether oxygens (including phenoxy) is 2. The summed E-state index contributed by atoms with van der Waals surface area (Å²) < 4.78 is 24.5. The average molecular weight is 387 g/mol. The molecule has 1 aliphatic rings. The summed E-state index contributed by atoms with van der Waals surface area (Å²) in [5, 5.41) is 9.10. The van der Waals surface area contributed by atoms with Crippen molar-refractivity contribution in [1.29, 1.82) is 0 Å². The highest BCUT2D eigenvalue weighted by molar-refractivity contribution is 5.86. The fourth-order valence-corrected chi connectivity index (χ4v) is 3.09. The van der Waals surface area contributed by atoms with Crippen molar-refractivity contribution in [1.82, 2.24) is 4.90 Å². The lowest BCUT2D eigenvalue weighted by molar-refractivity contribution is -0.141. The largest absolute Gasteiger partial charge is 0.490 e. The number of rotatable bonds is 8. The number of aliphatic carboxylic acids is 1. The SMILES string of the molecule is CCOc1cc(CN2CC(C(=O)O)CC2=O)ccc1OCc1ccc(F)cc1. The Hall–Kier alpha value is -3.09. The van der Waals surface area contributed by atoms with Crippen molar-refractivity contribution in [3.05, 3.63) is 59.4 Å². The summed E-state index contributed by atoms with van der Waals surface area (Å²) in [6.07, 6.45) is 0.0342. The molecule has 2 aromatic rings. The molecule has 0 bridgehead atoms. The van der Waals surface area contributed by atoms with Gasteiger partial charge in [0.25, 0.3) is 0 Å². The van der Waals surface area contributed by atoms with Gasteiger partial charge in [-0.25, -0.2) is 4.39 Å². The van der Waals surface area contributed by atoms with E-state index >= 15 is 0 Å². The molecule has 3 rings (SSSR count). The van der Waals surface area contributed by atoms with Crippen LogP contribution in [-0.2, 0) is 22.7 Å². The molecule has 1 atom stereocenters. The van der Waals surface area contributed by atoms with Crippen molar-refractivity contribution in [2.75, 3.05) is 13.2 Å². The number of hydrogen-bond donors (Lipinski definition) is 1. The van der Waals surface area contributed by atoms with E-state index in [1.165, 1.54) is 12.1 Å². The van der Waals surface area contributed by atoms with Gasteiger partial charge in [-0.15, -0.1) is 0 Å². The number of halogens is 1. The number of amides is 1. The molecule has 1 unspecified atom stereocenters.